The zero-order valence-electron chi connectivity index (χ0n) is 14.9. The molecule has 138 valence electrons. The van der Waals surface area contributed by atoms with E-state index in [4.69, 9.17) is 17.3 Å². The monoisotopic (exact) mass is 376 g/mol. The number of nitrogens with two attached hydrogens (primary N) is 1. The van der Waals surface area contributed by atoms with Crippen molar-refractivity contribution in [2.24, 2.45) is 15.7 Å². The minimum absolute atomic E-state index is 0.00608. The fraction of sp³-hybridized carbons (Fsp3) is 0.389. The molecule has 26 heavy (non-hydrogen) atoms. The van der Waals surface area contributed by atoms with Gasteiger partial charge in [0.25, 0.3) is 0 Å². The molecule has 8 heteroatoms. The third-order valence-electron chi connectivity index (χ3n) is 4.73. The van der Waals surface area contributed by atoms with Crippen molar-refractivity contribution in [1.82, 2.24) is 15.1 Å². The van der Waals surface area contributed by atoms with E-state index in [1.165, 1.54) is 6.07 Å². The number of likely N-dealkylation sites (tertiary alicyclic amines) is 1. The molecule has 0 radical (unpaired) electrons. The Balaban J connectivity index is 1.91. The molecule has 0 bridgehead atoms. The first kappa shape index (κ1) is 18.5. The Bertz CT molecular complexity index is 847. The summed E-state index contributed by atoms with van der Waals surface area (Å²) in [5.41, 5.74) is 7.46. The topological polar surface area (TPSA) is 82.7 Å². The second-order valence-corrected chi connectivity index (χ2v) is 7.21. The van der Waals surface area contributed by atoms with E-state index < -0.39 is 5.82 Å². The molecule has 2 heterocycles. The molecule has 1 saturated heterocycles. The van der Waals surface area contributed by atoms with E-state index >= 15 is 0 Å². The van der Waals surface area contributed by atoms with Crippen LogP contribution < -0.4 is 5.73 Å². The highest BCUT2D eigenvalue weighted by Crippen LogP contribution is 2.39. The number of H-pyrrole nitrogens is 1. The van der Waals surface area contributed by atoms with Crippen LogP contribution in [0.3, 0.4) is 0 Å². The summed E-state index contributed by atoms with van der Waals surface area (Å²) in [7, 11) is 0. The number of aromatic nitrogens is 2. The van der Waals surface area contributed by atoms with Crippen molar-refractivity contribution in [3.63, 3.8) is 0 Å². The normalized spacial score (nSPS) is 17.4. The van der Waals surface area contributed by atoms with E-state index in [2.05, 4.69) is 38.7 Å². The highest BCUT2D eigenvalue weighted by molar-refractivity contribution is 6.33. The standard InChI is InChI=1S/C18H22ClFN6/c1-11(26-9-7-18(2,21)8-10-26)23-17-16(22-3)15(24-25-17)12-5-4-6-13(20)14(12)19/h4-6H,3,7-10,21H2,1-2H3,(H,24,25). The number of aliphatic imine (C=N–C) groups is 2. The molecule has 1 aliphatic heterocycles. The van der Waals surface area contributed by atoms with Crippen molar-refractivity contribution >= 4 is 35.7 Å². The molecule has 3 rings (SSSR count). The van der Waals surface area contributed by atoms with Gasteiger partial charge in [-0.1, -0.05) is 23.7 Å². The number of aromatic amines is 1. The molecule has 0 aliphatic carbocycles. The zero-order chi connectivity index (χ0) is 18.9. The third kappa shape index (κ3) is 3.64. The van der Waals surface area contributed by atoms with E-state index in [1.54, 1.807) is 12.1 Å². The van der Waals surface area contributed by atoms with Gasteiger partial charge in [0.15, 0.2) is 0 Å². The van der Waals surface area contributed by atoms with Gasteiger partial charge < -0.3 is 10.6 Å². The van der Waals surface area contributed by atoms with Crippen LogP contribution in [0.5, 0.6) is 0 Å². The predicted octanol–water partition coefficient (Wildman–Crippen LogP) is 4.06. The van der Waals surface area contributed by atoms with Crippen LogP contribution in [0.2, 0.25) is 5.02 Å². The van der Waals surface area contributed by atoms with E-state index in [0.29, 0.717) is 22.8 Å². The molecule has 0 saturated carbocycles. The Kier molecular flexibility index (Phi) is 5.11. The number of halogens is 2. The smallest absolute Gasteiger partial charge is 0.201 e. The molecular weight excluding hydrogens is 355 g/mol. The summed E-state index contributed by atoms with van der Waals surface area (Å²) < 4.78 is 13.8. The summed E-state index contributed by atoms with van der Waals surface area (Å²) in [5.74, 6) is 0.718. The summed E-state index contributed by atoms with van der Waals surface area (Å²) in [6.07, 6.45) is 1.80. The molecule has 0 atom stereocenters. The van der Waals surface area contributed by atoms with Crippen molar-refractivity contribution in [1.29, 1.82) is 0 Å². The Hall–Kier alpha value is -2.25. The first-order valence-corrected chi connectivity index (χ1v) is 8.79. The van der Waals surface area contributed by atoms with Crippen molar-refractivity contribution < 1.29 is 4.39 Å². The van der Waals surface area contributed by atoms with Gasteiger partial charge in [-0.05, 0) is 39.5 Å². The van der Waals surface area contributed by atoms with Gasteiger partial charge in [-0.2, -0.15) is 5.10 Å². The number of hydrogen-bond acceptors (Lipinski definition) is 4. The minimum Gasteiger partial charge on any atom is -0.360 e. The number of hydrogen-bond donors (Lipinski definition) is 2. The largest absolute Gasteiger partial charge is 0.360 e. The van der Waals surface area contributed by atoms with Crippen LogP contribution in [0.15, 0.2) is 28.2 Å². The van der Waals surface area contributed by atoms with Crippen molar-refractivity contribution in [2.75, 3.05) is 13.1 Å². The molecule has 1 fully saturated rings. The number of piperidine rings is 1. The highest BCUT2D eigenvalue weighted by atomic mass is 35.5. The van der Waals surface area contributed by atoms with Crippen molar-refractivity contribution in [3.8, 4) is 11.3 Å². The van der Waals surface area contributed by atoms with Gasteiger partial charge in [-0.25, -0.2) is 9.38 Å². The first-order chi connectivity index (χ1) is 12.3. The Morgan fingerprint density at radius 2 is 2.12 bits per heavy atom. The SMILES string of the molecule is C=Nc1c(N=C(C)N2CCC(C)(N)CC2)n[nH]c1-c1cccc(F)c1Cl. The lowest BCUT2D eigenvalue weighted by atomic mass is 9.91. The fourth-order valence-corrected chi connectivity index (χ4v) is 3.22. The van der Waals surface area contributed by atoms with Crippen LogP contribution in [0.1, 0.15) is 26.7 Å². The van der Waals surface area contributed by atoms with Gasteiger partial charge in [0.1, 0.15) is 17.3 Å². The Morgan fingerprint density at radius 3 is 2.77 bits per heavy atom. The van der Waals surface area contributed by atoms with Crippen LogP contribution in [0.25, 0.3) is 11.3 Å². The summed E-state index contributed by atoms with van der Waals surface area (Å²) in [4.78, 5) is 10.8. The lowest BCUT2D eigenvalue weighted by Crippen LogP contribution is -2.49. The molecule has 1 aromatic heterocycles. The van der Waals surface area contributed by atoms with Gasteiger partial charge in [0, 0.05) is 24.2 Å². The molecule has 1 aliphatic rings. The molecule has 0 spiro atoms. The van der Waals surface area contributed by atoms with Crippen molar-refractivity contribution in [3.05, 3.63) is 29.0 Å². The average Bonchev–Trinajstić information content (AvgIpc) is 2.99. The lowest BCUT2D eigenvalue weighted by molar-refractivity contribution is 0.244. The maximum Gasteiger partial charge on any atom is 0.201 e. The number of benzene rings is 1. The lowest BCUT2D eigenvalue weighted by Gasteiger charge is -2.37. The fourth-order valence-electron chi connectivity index (χ4n) is 3.00. The number of amidine groups is 1. The van der Waals surface area contributed by atoms with Crippen molar-refractivity contribution in [2.45, 2.75) is 32.2 Å². The van der Waals surface area contributed by atoms with Gasteiger partial charge in [-0.3, -0.25) is 10.1 Å². The molecule has 0 unspecified atom stereocenters. The molecule has 0 amide bonds. The Labute approximate surface area is 157 Å². The third-order valence-corrected chi connectivity index (χ3v) is 5.12. The van der Waals surface area contributed by atoms with Gasteiger partial charge in [0.05, 0.1) is 10.7 Å². The zero-order valence-corrected chi connectivity index (χ0v) is 15.6. The second-order valence-electron chi connectivity index (χ2n) is 6.83. The van der Waals surface area contributed by atoms with Gasteiger partial charge in [0.2, 0.25) is 5.82 Å². The molecule has 1 aromatic carbocycles. The summed E-state index contributed by atoms with van der Waals surface area (Å²) in [5, 5.41) is 7.08. The van der Waals surface area contributed by atoms with Gasteiger partial charge in [-0.15, -0.1) is 0 Å². The second kappa shape index (κ2) is 7.17. The van der Waals surface area contributed by atoms with Crippen LogP contribution >= 0.6 is 11.6 Å². The molecule has 2 aromatic rings. The maximum atomic E-state index is 13.8. The summed E-state index contributed by atoms with van der Waals surface area (Å²) >= 11 is 6.08. The van der Waals surface area contributed by atoms with Gasteiger partial charge >= 0.3 is 0 Å². The number of nitrogens with zero attached hydrogens (tertiary/aromatic N) is 4. The molecular formula is C18H22ClFN6. The van der Waals surface area contributed by atoms with Crippen LogP contribution in [0.4, 0.5) is 15.9 Å². The predicted molar refractivity (Wildman–Crippen MR) is 104 cm³/mol. The summed E-state index contributed by atoms with van der Waals surface area (Å²) in [6.45, 7) is 9.27. The quantitative estimate of drug-likeness (QED) is 0.625. The summed E-state index contributed by atoms with van der Waals surface area (Å²) in [6, 6.07) is 4.57. The maximum absolute atomic E-state index is 13.8. The van der Waals surface area contributed by atoms with Crippen LogP contribution in [-0.2, 0) is 0 Å². The van der Waals surface area contributed by atoms with E-state index in [-0.39, 0.29) is 10.6 Å². The van der Waals surface area contributed by atoms with E-state index in [1.807, 2.05) is 6.92 Å². The molecule has 3 N–H and O–H groups in total. The number of rotatable bonds is 3. The highest BCUT2D eigenvalue weighted by Gasteiger charge is 2.26. The Morgan fingerprint density at radius 1 is 1.42 bits per heavy atom. The first-order valence-electron chi connectivity index (χ1n) is 8.41. The number of nitrogens with one attached hydrogen (secondary N) is 1. The van der Waals surface area contributed by atoms with Crippen LogP contribution in [0, 0.1) is 5.82 Å². The minimum atomic E-state index is -0.506. The van der Waals surface area contributed by atoms with Crippen LogP contribution in [-0.4, -0.2) is 46.3 Å². The van der Waals surface area contributed by atoms with E-state index in [0.717, 1.165) is 31.8 Å². The van der Waals surface area contributed by atoms with E-state index in [9.17, 15) is 4.39 Å². The molecule has 6 nitrogen and oxygen atoms in total. The average molecular weight is 377 g/mol.